The summed E-state index contributed by atoms with van der Waals surface area (Å²) in [7, 11) is 3.18. The van der Waals surface area contributed by atoms with E-state index in [-0.39, 0.29) is 11.9 Å². The van der Waals surface area contributed by atoms with Gasteiger partial charge in [-0.2, -0.15) is 0 Å². The molecule has 0 saturated heterocycles. The van der Waals surface area contributed by atoms with Gasteiger partial charge in [0.2, 0.25) is 5.91 Å². The van der Waals surface area contributed by atoms with Crippen LogP contribution in [0.1, 0.15) is 39.0 Å². The van der Waals surface area contributed by atoms with Crippen molar-refractivity contribution in [3.8, 4) is 0 Å². The Morgan fingerprint density at radius 2 is 2.13 bits per heavy atom. The van der Waals surface area contributed by atoms with Crippen molar-refractivity contribution in [2.24, 2.45) is 0 Å². The highest BCUT2D eigenvalue weighted by Crippen LogP contribution is 2.29. The van der Waals surface area contributed by atoms with Crippen molar-refractivity contribution in [2.45, 2.75) is 44.1 Å². The molecule has 0 radical (unpaired) electrons. The molecule has 0 aromatic carbocycles. The zero-order valence-electron chi connectivity index (χ0n) is 13.5. The molecule has 1 aromatic heterocycles. The van der Waals surface area contributed by atoms with Gasteiger partial charge in [0.15, 0.2) is 0 Å². The van der Waals surface area contributed by atoms with E-state index in [1.807, 2.05) is 18.2 Å². The Kier molecular flexibility index (Phi) is 11.4. The first-order valence-electron chi connectivity index (χ1n) is 7.85. The Morgan fingerprint density at radius 1 is 1.26 bits per heavy atom. The molecular weight excluding hydrogens is 332 g/mol. The minimum Gasteiger partial charge on any atom is -0.466 e. The highest BCUT2D eigenvalue weighted by Gasteiger charge is 2.05. The van der Waals surface area contributed by atoms with E-state index >= 15 is 0 Å². The molecule has 0 saturated carbocycles. The summed E-state index contributed by atoms with van der Waals surface area (Å²) in [5.74, 6) is 0.556. The maximum absolute atomic E-state index is 11.6. The number of nitrogens with one attached hydrogen (secondary N) is 1. The lowest BCUT2D eigenvalue weighted by Crippen LogP contribution is -2.25. The van der Waals surface area contributed by atoms with E-state index in [0.717, 1.165) is 23.6 Å². The summed E-state index contributed by atoms with van der Waals surface area (Å²) >= 11 is 0. The molecule has 1 aromatic rings. The van der Waals surface area contributed by atoms with E-state index in [2.05, 4.69) is 17.2 Å². The summed E-state index contributed by atoms with van der Waals surface area (Å²) in [5, 5.41) is 3.76. The fraction of sp³-hybridized carbons (Fsp3) is 0.562. The van der Waals surface area contributed by atoms with Crippen molar-refractivity contribution in [2.75, 3.05) is 18.9 Å². The molecule has 1 amide bonds. The van der Waals surface area contributed by atoms with Crippen molar-refractivity contribution in [1.29, 1.82) is 0 Å². The van der Waals surface area contributed by atoms with E-state index < -0.39 is 0 Å². The molecular formula is C16H24N2O3S2. The summed E-state index contributed by atoms with van der Waals surface area (Å²) < 4.78 is 5.05. The Bertz CT molecular complexity index is 458. The topological polar surface area (TPSA) is 68.3 Å². The molecule has 5 nitrogen and oxygen atoms in total. The third-order valence-electron chi connectivity index (χ3n) is 2.84. The monoisotopic (exact) mass is 356 g/mol. The van der Waals surface area contributed by atoms with E-state index in [4.69, 9.17) is 4.74 Å². The van der Waals surface area contributed by atoms with Crippen LogP contribution in [-0.4, -0.2) is 35.8 Å². The van der Waals surface area contributed by atoms with Crippen LogP contribution in [0.3, 0.4) is 0 Å². The maximum Gasteiger partial charge on any atom is 0.305 e. The molecule has 7 heteroatoms. The van der Waals surface area contributed by atoms with Gasteiger partial charge >= 0.3 is 5.97 Å². The van der Waals surface area contributed by atoms with Crippen LogP contribution in [0.25, 0.3) is 0 Å². The summed E-state index contributed by atoms with van der Waals surface area (Å²) in [6.07, 6.45) is 5.10. The number of hydrogen-bond donors (Lipinski definition) is 1. The fourth-order valence-electron chi connectivity index (χ4n) is 1.58. The first-order chi connectivity index (χ1) is 11.2. The van der Waals surface area contributed by atoms with Gasteiger partial charge in [0, 0.05) is 31.3 Å². The van der Waals surface area contributed by atoms with Gasteiger partial charge in [-0.05, 0) is 35.8 Å². The lowest BCUT2D eigenvalue weighted by atomic mass is 10.3. The van der Waals surface area contributed by atoms with Crippen LogP contribution in [-0.2, 0) is 14.3 Å². The molecule has 0 unspecified atom stereocenters. The summed E-state index contributed by atoms with van der Waals surface area (Å²) in [6.45, 7) is 3.06. The van der Waals surface area contributed by atoms with Crippen LogP contribution in [0.5, 0.6) is 0 Å². The SMILES string of the molecule is CCCCOC(=O)CCCNC(=O)CCSSc1ccccn1. The van der Waals surface area contributed by atoms with E-state index in [1.54, 1.807) is 27.8 Å². The van der Waals surface area contributed by atoms with Gasteiger partial charge in [-0.15, -0.1) is 0 Å². The van der Waals surface area contributed by atoms with Crippen molar-refractivity contribution in [3.63, 3.8) is 0 Å². The molecule has 0 bridgehead atoms. The highest BCUT2D eigenvalue weighted by molar-refractivity contribution is 8.76. The number of amides is 1. The first-order valence-corrected chi connectivity index (χ1v) is 10.2. The predicted octanol–water partition coefficient (Wildman–Crippen LogP) is 3.45. The molecule has 0 atom stereocenters. The van der Waals surface area contributed by atoms with Crippen molar-refractivity contribution in [3.05, 3.63) is 24.4 Å². The second kappa shape index (κ2) is 13.2. The standard InChI is InChI=1S/C16H24N2O3S2/c1-2-3-12-21-16(20)8-6-11-17-14(19)9-13-22-23-15-7-4-5-10-18-15/h4-5,7,10H,2-3,6,8-9,11-13H2,1H3,(H,17,19). The largest absolute Gasteiger partial charge is 0.466 e. The Morgan fingerprint density at radius 3 is 2.87 bits per heavy atom. The molecule has 0 fully saturated rings. The van der Waals surface area contributed by atoms with Crippen LogP contribution in [0.2, 0.25) is 0 Å². The Balaban J connectivity index is 1.95. The van der Waals surface area contributed by atoms with E-state index in [1.165, 1.54) is 0 Å². The minimum atomic E-state index is -0.185. The number of ether oxygens (including phenoxy) is 1. The molecule has 0 aliphatic rings. The number of carbonyl (C=O) groups excluding carboxylic acids is 2. The van der Waals surface area contributed by atoms with Gasteiger partial charge in [-0.1, -0.05) is 30.2 Å². The van der Waals surface area contributed by atoms with Crippen molar-refractivity contribution in [1.82, 2.24) is 10.3 Å². The van der Waals surface area contributed by atoms with E-state index in [9.17, 15) is 9.59 Å². The number of aromatic nitrogens is 1. The number of esters is 1. The Hall–Kier alpha value is -1.21. The van der Waals surface area contributed by atoms with Crippen molar-refractivity contribution >= 4 is 33.5 Å². The Labute approximate surface area is 145 Å². The van der Waals surface area contributed by atoms with Gasteiger partial charge in [-0.3, -0.25) is 9.59 Å². The van der Waals surface area contributed by atoms with Gasteiger partial charge in [-0.25, -0.2) is 4.98 Å². The van der Waals surface area contributed by atoms with Crippen LogP contribution in [0.4, 0.5) is 0 Å². The molecule has 1 N–H and O–H groups in total. The third kappa shape index (κ3) is 11.0. The molecule has 0 spiro atoms. The second-order valence-corrected chi connectivity index (χ2v) is 7.29. The van der Waals surface area contributed by atoms with Gasteiger partial charge < -0.3 is 10.1 Å². The van der Waals surface area contributed by atoms with Crippen LogP contribution in [0.15, 0.2) is 29.4 Å². The van der Waals surface area contributed by atoms with Crippen LogP contribution >= 0.6 is 21.6 Å². The number of carbonyl (C=O) groups is 2. The summed E-state index contributed by atoms with van der Waals surface area (Å²) in [5.41, 5.74) is 0. The molecule has 1 rings (SSSR count). The van der Waals surface area contributed by atoms with E-state index in [0.29, 0.717) is 32.4 Å². The first kappa shape index (κ1) is 19.8. The molecule has 0 aliphatic carbocycles. The summed E-state index contributed by atoms with van der Waals surface area (Å²) in [4.78, 5) is 27.2. The van der Waals surface area contributed by atoms with Gasteiger partial charge in [0.1, 0.15) is 5.03 Å². The van der Waals surface area contributed by atoms with Crippen LogP contribution in [0, 0.1) is 0 Å². The second-order valence-electron chi connectivity index (χ2n) is 4.85. The molecule has 1 heterocycles. The quantitative estimate of drug-likeness (QED) is 0.351. The number of unbranched alkanes of at least 4 members (excludes halogenated alkanes) is 1. The zero-order valence-corrected chi connectivity index (χ0v) is 15.1. The average molecular weight is 357 g/mol. The number of hydrogen-bond acceptors (Lipinski definition) is 6. The average Bonchev–Trinajstić information content (AvgIpc) is 2.57. The maximum atomic E-state index is 11.6. The minimum absolute atomic E-state index is 0.0125. The van der Waals surface area contributed by atoms with Crippen molar-refractivity contribution < 1.29 is 14.3 Å². The normalized spacial score (nSPS) is 10.3. The smallest absolute Gasteiger partial charge is 0.305 e. The predicted molar refractivity (Wildman–Crippen MR) is 95.3 cm³/mol. The molecule has 23 heavy (non-hydrogen) atoms. The fourth-order valence-corrected chi connectivity index (χ4v) is 3.45. The summed E-state index contributed by atoms with van der Waals surface area (Å²) in [6, 6.07) is 5.76. The molecule has 0 aliphatic heterocycles. The zero-order chi connectivity index (χ0) is 16.8. The van der Waals surface area contributed by atoms with Crippen LogP contribution < -0.4 is 5.32 Å². The molecule has 128 valence electrons. The highest BCUT2D eigenvalue weighted by atomic mass is 33.1. The number of pyridine rings is 1. The van der Waals surface area contributed by atoms with Gasteiger partial charge in [0.25, 0.3) is 0 Å². The number of nitrogens with zero attached hydrogens (tertiary/aromatic N) is 1. The lowest BCUT2D eigenvalue weighted by molar-refractivity contribution is -0.144. The van der Waals surface area contributed by atoms with Gasteiger partial charge in [0.05, 0.1) is 6.61 Å². The third-order valence-corrected chi connectivity index (χ3v) is 5.10. The number of rotatable bonds is 12. The lowest BCUT2D eigenvalue weighted by Gasteiger charge is -2.06.